The van der Waals surface area contributed by atoms with Crippen molar-refractivity contribution in [2.24, 2.45) is 0 Å². The van der Waals surface area contributed by atoms with E-state index in [1.54, 1.807) is 0 Å². The summed E-state index contributed by atoms with van der Waals surface area (Å²) in [5.41, 5.74) is 10.2. The van der Waals surface area contributed by atoms with Gasteiger partial charge in [0.05, 0.1) is 0 Å². The van der Waals surface area contributed by atoms with Crippen molar-refractivity contribution in [3.05, 3.63) is 105 Å². The second-order valence-corrected chi connectivity index (χ2v) is 10.6. The molecular formula is C32H42Li2N2. The Morgan fingerprint density at radius 1 is 0.472 bits per heavy atom. The fourth-order valence-electron chi connectivity index (χ4n) is 4.56. The minimum Gasteiger partial charge on any atom is -0.680 e. The van der Waals surface area contributed by atoms with E-state index in [1.165, 1.54) is 44.8 Å². The Labute approximate surface area is 244 Å². The third kappa shape index (κ3) is 8.23. The van der Waals surface area contributed by atoms with E-state index in [1.807, 2.05) is 0 Å². The molecule has 182 valence electrons. The summed E-state index contributed by atoms with van der Waals surface area (Å²) in [7, 11) is 0. The van der Waals surface area contributed by atoms with Crippen LogP contribution in [0.4, 0.5) is 11.4 Å². The molecule has 3 rings (SSSR count). The molecule has 0 aliphatic heterocycles. The summed E-state index contributed by atoms with van der Waals surface area (Å²) in [5, 5.41) is 10.2. The molecule has 0 unspecified atom stereocenters. The van der Waals surface area contributed by atoms with E-state index in [9.17, 15) is 0 Å². The Morgan fingerprint density at radius 3 is 1.03 bits per heavy atom. The number of rotatable bonds is 10. The SMILES string of the molecule is CC(C)c1cccc(C(C)C)c1[N-]Cc1cccc(C[N-]c2c(C(C)C)cccc2C(C)C)c1.[Li+].[Li+]. The quantitative estimate of drug-likeness (QED) is 0.389. The zero-order valence-electron chi connectivity index (χ0n) is 24.4. The smallest absolute Gasteiger partial charge is 0.680 e. The van der Waals surface area contributed by atoms with Gasteiger partial charge in [0.25, 0.3) is 0 Å². The van der Waals surface area contributed by atoms with Crippen molar-refractivity contribution in [3.63, 3.8) is 0 Å². The van der Waals surface area contributed by atoms with Gasteiger partial charge in [-0.05, 0) is 23.7 Å². The Balaban J connectivity index is 0.00000324. The van der Waals surface area contributed by atoms with Gasteiger partial charge in [-0.1, -0.05) is 149 Å². The molecular weight excluding hydrogens is 426 g/mol. The average molecular weight is 469 g/mol. The molecule has 4 heteroatoms. The van der Waals surface area contributed by atoms with E-state index in [0.29, 0.717) is 36.8 Å². The van der Waals surface area contributed by atoms with Crippen LogP contribution in [0.5, 0.6) is 0 Å². The fourth-order valence-corrected chi connectivity index (χ4v) is 4.56. The van der Waals surface area contributed by atoms with Gasteiger partial charge < -0.3 is 10.6 Å². The molecule has 0 amide bonds. The molecule has 0 spiro atoms. The summed E-state index contributed by atoms with van der Waals surface area (Å²) in [6, 6.07) is 22.0. The van der Waals surface area contributed by atoms with E-state index in [0.717, 1.165) is 0 Å². The van der Waals surface area contributed by atoms with E-state index in [2.05, 4.69) is 116 Å². The maximum Gasteiger partial charge on any atom is 1.00 e. The predicted octanol–water partition coefficient (Wildman–Crippen LogP) is 4.60. The Bertz CT molecular complexity index is 952. The van der Waals surface area contributed by atoms with Crippen LogP contribution in [0, 0.1) is 0 Å². The molecule has 3 aromatic carbocycles. The summed E-state index contributed by atoms with van der Waals surface area (Å²) in [4.78, 5) is 0. The Morgan fingerprint density at radius 2 is 0.750 bits per heavy atom. The topological polar surface area (TPSA) is 28.2 Å². The number of benzene rings is 3. The van der Waals surface area contributed by atoms with Gasteiger partial charge in [-0.2, -0.15) is 0 Å². The molecule has 0 aliphatic carbocycles. The van der Waals surface area contributed by atoms with Crippen LogP contribution in [0.3, 0.4) is 0 Å². The van der Waals surface area contributed by atoms with Gasteiger partial charge in [0.2, 0.25) is 0 Å². The number of hydrogen-bond donors (Lipinski definition) is 0. The van der Waals surface area contributed by atoms with Crippen molar-refractivity contribution in [3.8, 4) is 0 Å². The first-order valence-corrected chi connectivity index (χ1v) is 12.9. The summed E-state index contributed by atoms with van der Waals surface area (Å²) in [6.07, 6.45) is 0. The van der Waals surface area contributed by atoms with Crippen LogP contribution in [0.2, 0.25) is 0 Å². The number of nitrogens with zero attached hydrogens (tertiary/aromatic N) is 2. The van der Waals surface area contributed by atoms with Crippen LogP contribution in [0.25, 0.3) is 10.6 Å². The monoisotopic (exact) mass is 468 g/mol. The molecule has 0 saturated heterocycles. The maximum absolute atomic E-state index is 5.12. The summed E-state index contributed by atoms with van der Waals surface area (Å²) in [6.45, 7) is 19.4. The van der Waals surface area contributed by atoms with Crippen LogP contribution in [-0.4, -0.2) is 0 Å². The largest absolute Gasteiger partial charge is 1.00 e. The van der Waals surface area contributed by atoms with E-state index >= 15 is 0 Å². The standard InChI is InChI=1S/C32H42N2.2Li/c1-21(2)27-14-10-15-28(22(3)4)31(27)33-19-25-12-9-13-26(18-25)20-34-32-29(23(5)6)16-11-17-30(32)24(7)8;;/h9-18,21-24H,19-20H2,1-8H3;;/q-2;2*+1. The summed E-state index contributed by atoms with van der Waals surface area (Å²) >= 11 is 0. The molecule has 0 saturated carbocycles. The molecule has 2 nitrogen and oxygen atoms in total. The van der Waals surface area contributed by atoms with Crippen molar-refractivity contribution < 1.29 is 37.7 Å². The van der Waals surface area contributed by atoms with Crippen molar-refractivity contribution in [2.45, 2.75) is 92.2 Å². The normalized spacial score (nSPS) is 11.0. The minimum atomic E-state index is 0. The van der Waals surface area contributed by atoms with Crippen LogP contribution >= 0.6 is 0 Å². The van der Waals surface area contributed by atoms with Crippen LogP contribution in [0.15, 0.2) is 60.7 Å². The average Bonchev–Trinajstić information content (AvgIpc) is 2.80. The Kier molecular flexibility index (Phi) is 13.5. The van der Waals surface area contributed by atoms with Crippen molar-refractivity contribution in [2.75, 3.05) is 0 Å². The molecule has 0 atom stereocenters. The van der Waals surface area contributed by atoms with Crippen LogP contribution in [0.1, 0.15) is 112 Å². The maximum atomic E-state index is 5.12. The number of para-hydroxylation sites is 2. The fraction of sp³-hybridized carbons (Fsp3) is 0.438. The van der Waals surface area contributed by atoms with Gasteiger partial charge in [-0.3, -0.25) is 0 Å². The summed E-state index contributed by atoms with van der Waals surface area (Å²) in [5.74, 6) is 1.83. The number of hydrogen-bond acceptors (Lipinski definition) is 0. The van der Waals surface area contributed by atoms with Gasteiger partial charge in [0, 0.05) is 0 Å². The van der Waals surface area contributed by atoms with Gasteiger partial charge in [0.15, 0.2) is 0 Å². The molecule has 0 radical (unpaired) electrons. The second kappa shape index (κ2) is 15.0. The molecule has 0 aliphatic rings. The molecule has 0 bridgehead atoms. The first-order chi connectivity index (χ1) is 16.2. The third-order valence-electron chi connectivity index (χ3n) is 6.52. The molecule has 36 heavy (non-hydrogen) atoms. The van der Waals surface area contributed by atoms with E-state index < -0.39 is 0 Å². The molecule has 3 aromatic rings. The zero-order valence-corrected chi connectivity index (χ0v) is 24.4. The van der Waals surface area contributed by atoms with Crippen LogP contribution < -0.4 is 37.7 Å². The second-order valence-electron chi connectivity index (χ2n) is 10.6. The molecule has 0 aromatic heterocycles. The van der Waals surface area contributed by atoms with Gasteiger partial charge in [-0.25, -0.2) is 0 Å². The van der Waals surface area contributed by atoms with Crippen LogP contribution in [-0.2, 0) is 13.1 Å². The minimum absolute atomic E-state index is 0. The van der Waals surface area contributed by atoms with E-state index in [-0.39, 0.29) is 37.7 Å². The van der Waals surface area contributed by atoms with Crippen molar-refractivity contribution in [1.29, 1.82) is 0 Å². The van der Waals surface area contributed by atoms with Crippen molar-refractivity contribution >= 4 is 11.4 Å². The first-order valence-electron chi connectivity index (χ1n) is 12.9. The predicted molar refractivity (Wildman–Crippen MR) is 149 cm³/mol. The molecule has 0 fully saturated rings. The molecule has 0 N–H and O–H groups in total. The van der Waals surface area contributed by atoms with Crippen molar-refractivity contribution in [1.82, 2.24) is 0 Å². The Hall–Kier alpha value is -1.55. The third-order valence-corrected chi connectivity index (χ3v) is 6.52. The van der Waals surface area contributed by atoms with E-state index in [4.69, 9.17) is 10.6 Å². The molecule has 0 heterocycles. The van der Waals surface area contributed by atoms with Gasteiger partial charge >= 0.3 is 37.7 Å². The van der Waals surface area contributed by atoms with Gasteiger partial charge in [0.1, 0.15) is 0 Å². The first kappa shape index (κ1) is 32.5. The zero-order chi connectivity index (χ0) is 24.8. The van der Waals surface area contributed by atoms with Gasteiger partial charge in [-0.15, -0.1) is 24.5 Å². The summed E-state index contributed by atoms with van der Waals surface area (Å²) < 4.78 is 0.